The fraction of sp³-hybridized carbons (Fsp3) is 0.375. The largest absolute Gasteiger partial charge is 0.349 e. The van der Waals surface area contributed by atoms with Crippen molar-refractivity contribution in [1.29, 1.82) is 0 Å². The predicted molar refractivity (Wildman–Crippen MR) is 77.1 cm³/mol. The average molecular weight is 268 g/mol. The first kappa shape index (κ1) is 11.7. The maximum absolute atomic E-state index is 12.5. The van der Waals surface area contributed by atoms with Crippen molar-refractivity contribution in [2.45, 2.75) is 38.3 Å². The summed E-state index contributed by atoms with van der Waals surface area (Å²) in [6.07, 6.45) is 4.70. The van der Waals surface area contributed by atoms with Crippen LogP contribution in [-0.4, -0.2) is 16.5 Å². The molecule has 0 saturated heterocycles. The minimum Gasteiger partial charge on any atom is -0.349 e. The van der Waals surface area contributed by atoms with Gasteiger partial charge in [-0.2, -0.15) is 0 Å². The van der Waals surface area contributed by atoms with Gasteiger partial charge >= 0.3 is 0 Å². The third kappa shape index (κ3) is 1.60. The van der Waals surface area contributed by atoms with Gasteiger partial charge in [-0.1, -0.05) is 12.1 Å². The highest BCUT2D eigenvalue weighted by atomic mass is 16.2. The Hall–Kier alpha value is -2.10. The second-order valence-corrected chi connectivity index (χ2v) is 5.89. The summed E-state index contributed by atoms with van der Waals surface area (Å²) in [6, 6.07) is 6.35. The van der Waals surface area contributed by atoms with E-state index >= 15 is 0 Å². The lowest BCUT2D eigenvalue weighted by atomic mass is 10.1. The normalized spacial score (nSPS) is 20.4. The van der Waals surface area contributed by atoms with Crippen molar-refractivity contribution in [1.82, 2.24) is 9.88 Å². The number of carbonyl (C=O) groups excluding carboxylic acids is 1. The number of carbonyl (C=O) groups is 1. The fourth-order valence-corrected chi connectivity index (χ4v) is 3.07. The van der Waals surface area contributed by atoms with Crippen LogP contribution in [0.25, 0.3) is 10.9 Å². The Morgan fingerprint density at radius 1 is 1.35 bits per heavy atom. The van der Waals surface area contributed by atoms with E-state index in [0.29, 0.717) is 11.4 Å². The maximum atomic E-state index is 12.5. The van der Waals surface area contributed by atoms with Gasteiger partial charge in [0.25, 0.3) is 5.91 Å². The van der Waals surface area contributed by atoms with Crippen molar-refractivity contribution >= 4 is 16.8 Å². The monoisotopic (exact) mass is 268 g/mol. The second kappa shape index (κ2) is 3.95. The van der Waals surface area contributed by atoms with Gasteiger partial charge < -0.3 is 9.88 Å². The smallest absolute Gasteiger partial charge is 0.256 e. The molecule has 1 fully saturated rings. The summed E-state index contributed by atoms with van der Waals surface area (Å²) in [4.78, 5) is 24.8. The Bertz CT molecular complexity index is 787. The standard InChI is InChI=1S/C16H16N2O2/c1-9-7-10-3-2-4-12-14(10)18(9)8-13(15(12)19)16(20)17-11-5-6-11/h2-4,8-9,11H,5-7H2,1H3,(H,17,20)/t9-/m0/s1. The summed E-state index contributed by atoms with van der Waals surface area (Å²) in [5, 5.41) is 3.57. The summed E-state index contributed by atoms with van der Waals surface area (Å²) in [5.74, 6) is -0.229. The van der Waals surface area contributed by atoms with Crippen LogP contribution in [0.2, 0.25) is 0 Å². The van der Waals surface area contributed by atoms with Gasteiger partial charge in [-0.15, -0.1) is 0 Å². The Balaban J connectivity index is 1.94. The minimum absolute atomic E-state index is 0.148. The molecule has 1 N–H and O–H groups in total. The Morgan fingerprint density at radius 3 is 2.90 bits per heavy atom. The Morgan fingerprint density at radius 2 is 2.15 bits per heavy atom. The molecular formula is C16H16N2O2. The van der Waals surface area contributed by atoms with Gasteiger partial charge in [-0.25, -0.2) is 0 Å². The first-order valence-electron chi connectivity index (χ1n) is 7.13. The third-order valence-electron chi connectivity index (χ3n) is 4.28. The van der Waals surface area contributed by atoms with E-state index in [1.807, 2.05) is 12.1 Å². The molecule has 0 unspecified atom stereocenters. The van der Waals surface area contributed by atoms with Crippen LogP contribution in [0.5, 0.6) is 0 Å². The van der Waals surface area contributed by atoms with Crippen molar-refractivity contribution in [2.24, 2.45) is 0 Å². The number of aromatic nitrogens is 1. The van der Waals surface area contributed by atoms with Crippen LogP contribution in [0.15, 0.2) is 29.2 Å². The molecule has 4 heteroatoms. The molecule has 1 aliphatic heterocycles. The van der Waals surface area contributed by atoms with Crippen LogP contribution in [0.1, 0.15) is 41.7 Å². The summed E-state index contributed by atoms with van der Waals surface area (Å²) >= 11 is 0. The lowest BCUT2D eigenvalue weighted by Gasteiger charge is -2.12. The SMILES string of the molecule is C[C@H]1Cc2cccc3c(=O)c(C(=O)NC4CC4)cn1c23. The minimum atomic E-state index is -0.229. The van der Waals surface area contributed by atoms with E-state index in [9.17, 15) is 9.59 Å². The second-order valence-electron chi connectivity index (χ2n) is 5.89. The van der Waals surface area contributed by atoms with Crippen LogP contribution in [0.3, 0.4) is 0 Å². The molecule has 1 aliphatic carbocycles. The summed E-state index contributed by atoms with van der Waals surface area (Å²) in [6.45, 7) is 2.12. The van der Waals surface area contributed by atoms with Crippen molar-refractivity contribution in [3.63, 3.8) is 0 Å². The highest BCUT2D eigenvalue weighted by molar-refractivity contribution is 5.98. The van der Waals surface area contributed by atoms with E-state index in [0.717, 1.165) is 24.8 Å². The summed E-state index contributed by atoms with van der Waals surface area (Å²) < 4.78 is 2.08. The summed E-state index contributed by atoms with van der Waals surface area (Å²) in [7, 11) is 0. The number of pyridine rings is 1. The van der Waals surface area contributed by atoms with E-state index in [-0.39, 0.29) is 22.9 Å². The van der Waals surface area contributed by atoms with E-state index < -0.39 is 0 Å². The van der Waals surface area contributed by atoms with Crippen LogP contribution in [-0.2, 0) is 6.42 Å². The Labute approximate surface area is 116 Å². The highest BCUT2D eigenvalue weighted by Gasteiger charge is 2.28. The molecular weight excluding hydrogens is 252 g/mol. The predicted octanol–water partition coefficient (Wildman–Crippen LogP) is 2.01. The number of hydrogen-bond acceptors (Lipinski definition) is 2. The zero-order valence-corrected chi connectivity index (χ0v) is 11.3. The van der Waals surface area contributed by atoms with Gasteiger partial charge in [0.05, 0.1) is 5.52 Å². The van der Waals surface area contributed by atoms with Crippen LogP contribution in [0, 0.1) is 0 Å². The van der Waals surface area contributed by atoms with Gasteiger partial charge in [0.1, 0.15) is 5.56 Å². The molecule has 1 aromatic heterocycles. The number of benzene rings is 1. The lowest BCUT2D eigenvalue weighted by molar-refractivity contribution is 0.0949. The number of hydrogen-bond donors (Lipinski definition) is 1. The molecule has 2 heterocycles. The molecule has 2 aliphatic rings. The van der Waals surface area contributed by atoms with E-state index in [1.165, 1.54) is 5.56 Å². The molecule has 4 rings (SSSR count). The van der Waals surface area contributed by atoms with Gasteiger partial charge in [-0.3, -0.25) is 9.59 Å². The Kier molecular flexibility index (Phi) is 2.31. The quantitative estimate of drug-likeness (QED) is 0.905. The molecule has 0 spiro atoms. The first-order valence-corrected chi connectivity index (χ1v) is 7.13. The third-order valence-corrected chi connectivity index (χ3v) is 4.28. The van der Waals surface area contributed by atoms with Gasteiger partial charge in [0, 0.05) is 23.7 Å². The molecule has 2 aromatic rings. The molecule has 4 nitrogen and oxygen atoms in total. The van der Waals surface area contributed by atoms with Crippen molar-refractivity contribution in [3.05, 3.63) is 45.7 Å². The number of amides is 1. The van der Waals surface area contributed by atoms with Crippen molar-refractivity contribution in [3.8, 4) is 0 Å². The van der Waals surface area contributed by atoms with E-state index in [2.05, 4.69) is 22.9 Å². The van der Waals surface area contributed by atoms with Crippen LogP contribution in [0.4, 0.5) is 0 Å². The highest BCUT2D eigenvalue weighted by Crippen LogP contribution is 2.31. The van der Waals surface area contributed by atoms with Crippen molar-refractivity contribution < 1.29 is 4.79 Å². The maximum Gasteiger partial charge on any atom is 0.256 e. The molecule has 1 saturated carbocycles. The first-order chi connectivity index (χ1) is 9.65. The topological polar surface area (TPSA) is 51.1 Å². The molecule has 20 heavy (non-hydrogen) atoms. The molecule has 1 aromatic carbocycles. The zero-order valence-electron chi connectivity index (χ0n) is 11.3. The van der Waals surface area contributed by atoms with Crippen LogP contribution >= 0.6 is 0 Å². The van der Waals surface area contributed by atoms with Crippen molar-refractivity contribution in [2.75, 3.05) is 0 Å². The molecule has 1 amide bonds. The molecule has 0 radical (unpaired) electrons. The molecule has 1 atom stereocenters. The average Bonchev–Trinajstić information content (AvgIpc) is 3.17. The van der Waals surface area contributed by atoms with E-state index in [4.69, 9.17) is 0 Å². The number of para-hydroxylation sites is 1. The molecule has 0 bridgehead atoms. The van der Waals surface area contributed by atoms with E-state index in [1.54, 1.807) is 6.20 Å². The summed E-state index contributed by atoms with van der Waals surface area (Å²) in [5.41, 5.74) is 2.31. The number of nitrogens with one attached hydrogen (secondary N) is 1. The molecule has 102 valence electrons. The number of nitrogens with zero attached hydrogens (tertiary/aromatic N) is 1. The van der Waals surface area contributed by atoms with Gasteiger partial charge in [0.15, 0.2) is 0 Å². The zero-order chi connectivity index (χ0) is 13.9. The van der Waals surface area contributed by atoms with Gasteiger partial charge in [0.2, 0.25) is 5.43 Å². The number of rotatable bonds is 2. The fourth-order valence-electron chi connectivity index (χ4n) is 3.07. The van der Waals surface area contributed by atoms with Crippen LogP contribution < -0.4 is 10.7 Å². The lowest BCUT2D eigenvalue weighted by Crippen LogP contribution is -2.31. The van der Waals surface area contributed by atoms with Gasteiger partial charge in [-0.05, 0) is 37.8 Å².